The second-order valence-electron chi connectivity index (χ2n) is 4.52. The van der Waals surface area contributed by atoms with Crippen LogP contribution in [0.2, 0.25) is 0 Å². The van der Waals surface area contributed by atoms with E-state index in [2.05, 4.69) is 32.8 Å². The Balaban J connectivity index is 2.19. The van der Waals surface area contributed by atoms with Gasteiger partial charge in [-0.25, -0.2) is 5.43 Å². The first kappa shape index (κ1) is 14.5. The van der Waals surface area contributed by atoms with Crippen LogP contribution < -0.4 is 16.0 Å². The Hall–Kier alpha value is -0.880. The van der Waals surface area contributed by atoms with Gasteiger partial charge in [-0.05, 0) is 64.5 Å². The van der Waals surface area contributed by atoms with Crippen LogP contribution in [0.4, 0.5) is 0 Å². The maximum absolute atomic E-state index is 5.67. The summed E-state index contributed by atoms with van der Waals surface area (Å²) < 4.78 is 6.73. The van der Waals surface area contributed by atoms with E-state index in [9.17, 15) is 0 Å². The van der Waals surface area contributed by atoms with E-state index in [0.717, 1.165) is 20.7 Å². The number of hydrazine groups is 1. The molecular weight excluding hydrogens is 324 g/mol. The Morgan fingerprint density at radius 2 is 1.89 bits per heavy atom. The third-order valence-electron chi connectivity index (χ3n) is 2.67. The number of nitrogens with two attached hydrogens (primary N) is 1. The van der Waals surface area contributed by atoms with E-state index in [1.807, 2.05) is 38.1 Å². The molecule has 0 aliphatic carbocycles. The summed E-state index contributed by atoms with van der Waals surface area (Å²) >= 11 is 5.12. The number of rotatable bonds is 5. The van der Waals surface area contributed by atoms with E-state index in [1.54, 1.807) is 11.3 Å². The van der Waals surface area contributed by atoms with Crippen molar-refractivity contribution in [2.75, 3.05) is 0 Å². The zero-order chi connectivity index (χ0) is 13.8. The molecule has 1 unspecified atom stereocenters. The summed E-state index contributed by atoms with van der Waals surface area (Å²) in [4.78, 5) is 0. The van der Waals surface area contributed by atoms with Gasteiger partial charge in [-0.15, -0.1) is 11.3 Å². The third kappa shape index (κ3) is 3.79. The van der Waals surface area contributed by atoms with E-state index < -0.39 is 0 Å². The molecule has 1 heterocycles. The fourth-order valence-corrected chi connectivity index (χ4v) is 3.07. The molecule has 19 heavy (non-hydrogen) atoms. The smallest absolute Gasteiger partial charge is 0.119 e. The highest BCUT2D eigenvalue weighted by Gasteiger charge is 2.14. The Morgan fingerprint density at radius 1 is 1.21 bits per heavy atom. The van der Waals surface area contributed by atoms with Gasteiger partial charge in [0.25, 0.3) is 0 Å². The minimum absolute atomic E-state index is 0.00403. The lowest BCUT2D eigenvalue weighted by molar-refractivity contribution is 0.242. The van der Waals surface area contributed by atoms with Gasteiger partial charge in [0.2, 0.25) is 0 Å². The molecule has 1 aromatic carbocycles. The summed E-state index contributed by atoms with van der Waals surface area (Å²) in [7, 11) is 0. The SMILES string of the molecule is CC(C)Oc1ccc(C(NN)c2csc(Br)c2)cc1. The Morgan fingerprint density at radius 3 is 2.37 bits per heavy atom. The molecule has 102 valence electrons. The van der Waals surface area contributed by atoms with Crippen LogP contribution >= 0.6 is 27.3 Å². The van der Waals surface area contributed by atoms with Gasteiger partial charge in [0.05, 0.1) is 15.9 Å². The monoisotopic (exact) mass is 340 g/mol. The van der Waals surface area contributed by atoms with Crippen LogP contribution in [0, 0.1) is 0 Å². The van der Waals surface area contributed by atoms with Crippen molar-refractivity contribution in [1.82, 2.24) is 5.43 Å². The third-order valence-corrected chi connectivity index (χ3v) is 4.20. The lowest BCUT2D eigenvalue weighted by Gasteiger charge is -2.16. The van der Waals surface area contributed by atoms with E-state index in [-0.39, 0.29) is 12.1 Å². The average Bonchev–Trinajstić information content (AvgIpc) is 2.78. The molecule has 3 N–H and O–H groups in total. The number of hydrogen-bond acceptors (Lipinski definition) is 4. The van der Waals surface area contributed by atoms with Crippen molar-refractivity contribution in [1.29, 1.82) is 0 Å². The highest BCUT2D eigenvalue weighted by molar-refractivity contribution is 9.11. The molecule has 0 bridgehead atoms. The van der Waals surface area contributed by atoms with Crippen molar-refractivity contribution < 1.29 is 4.74 Å². The second kappa shape index (κ2) is 6.52. The predicted molar refractivity (Wildman–Crippen MR) is 83.4 cm³/mol. The zero-order valence-corrected chi connectivity index (χ0v) is 13.3. The lowest BCUT2D eigenvalue weighted by atomic mass is 10.0. The van der Waals surface area contributed by atoms with E-state index >= 15 is 0 Å². The summed E-state index contributed by atoms with van der Waals surface area (Å²) in [6.07, 6.45) is 0.183. The summed E-state index contributed by atoms with van der Waals surface area (Å²) in [5, 5.41) is 2.09. The van der Waals surface area contributed by atoms with E-state index in [1.165, 1.54) is 0 Å². The second-order valence-corrected chi connectivity index (χ2v) is 6.81. The fourth-order valence-electron chi connectivity index (χ4n) is 1.87. The molecule has 0 radical (unpaired) electrons. The minimum atomic E-state index is -0.00403. The van der Waals surface area contributed by atoms with Crippen molar-refractivity contribution in [3.8, 4) is 5.75 Å². The van der Waals surface area contributed by atoms with Crippen LogP contribution in [0.5, 0.6) is 5.75 Å². The molecule has 0 spiro atoms. The highest BCUT2D eigenvalue weighted by Crippen LogP contribution is 2.29. The molecule has 0 amide bonds. The summed E-state index contributed by atoms with van der Waals surface area (Å²) in [6.45, 7) is 4.03. The Bertz CT molecular complexity index is 524. The summed E-state index contributed by atoms with van der Waals surface area (Å²) in [5.74, 6) is 6.55. The standard InChI is InChI=1S/C14H17BrN2OS/c1-9(2)18-12-5-3-10(4-6-12)14(17-16)11-7-13(15)19-8-11/h3-9,14,17H,16H2,1-2H3. The van der Waals surface area contributed by atoms with Crippen molar-refractivity contribution in [3.05, 3.63) is 50.6 Å². The van der Waals surface area contributed by atoms with Crippen molar-refractivity contribution in [2.24, 2.45) is 5.84 Å². The normalized spacial score (nSPS) is 12.7. The van der Waals surface area contributed by atoms with Gasteiger partial charge in [0.15, 0.2) is 0 Å². The van der Waals surface area contributed by atoms with Gasteiger partial charge >= 0.3 is 0 Å². The Labute approximate surface area is 125 Å². The maximum atomic E-state index is 5.67. The first-order valence-corrected chi connectivity index (χ1v) is 7.74. The molecule has 5 heteroatoms. The molecule has 1 atom stereocenters. The summed E-state index contributed by atoms with van der Waals surface area (Å²) in [5.41, 5.74) is 5.12. The van der Waals surface area contributed by atoms with Crippen molar-refractivity contribution in [2.45, 2.75) is 26.0 Å². The van der Waals surface area contributed by atoms with Crippen LogP contribution in [-0.2, 0) is 0 Å². The van der Waals surface area contributed by atoms with Gasteiger partial charge in [-0.1, -0.05) is 12.1 Å². The average molecular weight is 341 g/mol. The molecule has 1 aromatic heterocycles. The molecule has 0 aliphatic heterocycles. The molecule has 0 fully saturated rings. The zero-order valence-electron chi connectivity index (χ0n) is 10.9. The van der Waals surface area contributed by atoms with Crippen molar-refractivity contribution in [3.63, 3.8) is 0 Å². The van der Waals surface area contributed by atoms with Gasteiger partial charge in [-0.2, -0.15) is 0 Å². The van der Waals surface area contributed by atoms with Gasteiger partial charge in [-0.3, -0.25) is 5.84 Å². The topological polar surface area (TPSA) is 47.3 Å². The number of hydrogen-bond donors (Lipinski definition) is 2. The highest BCUT2D eigenvalue weighted by atomic mass is 79.9. The molecular formula is C14H17BrN2OS. The molecule has 0 aliphatic rings. The lowest BCUT2D eigenvalue weighted by Crippen LogP contribution is -2.28. The van der Waals surface area contributed by atoms with Gasteiger partial charge in [0, 0.05) is 0 Å². The Kier molecular flexibility index (Phi) is 4.99. The predicted octanol–water partition coefficient (Wildman–Crippen LogP) is 3.85. The maximum Gasteiger partial charge on any atom is 0.119 e. The number of halogens is 1. The van der Waals surface area contributed by atoms with E-state index in [4.69, 9.17) is 10.6 Å². The van der Waals surface area contributed by atoms with Gasteiger partial charge in [0.1, 0.15) is 5.75 Å². The van der Waals surface area contributed by atoms with Crippen LogP contribution in [0.15, 0.2) is 39.5 Å². The summed E-state index contributed by atoms with van der Waals surface area (Å²) in [6, 6.07) is 10.1. The molecule has 2 rings (SSSR count). The number of thiophene rings is 1. The number of ether oxygens (including phenoxy) is 1. The quantitative estimate of drug-likeness (QED) is 0.641. The molecule has 2 aromatic rings. The number of benzene rings is 1. The van der Waals surface area contributed by atoms with E-state index in [0.29, 0.717) is 0 Å². The van der Waals surface area contributed by atoms with Crippen LogP contribution in [0.25, 0.3) is 0 Å². The molecule has 0 saturated heterocycles. The van der Waals surface area contributed by atoms with Crippen LogP contribution in [0.3, 0.4) is 0 Å². The molecule has 0 saturated carbocycles. The molecule has 3 nitrogen and oxygen atoms in total. The van der Waals surface area contributed by atoms with Gasteiger partial charge < -0.3 is 4.74 Å². The van der Waals surface area contributed by atoms with Crippen LogP contribution in [0.1, 0.15) is 31.0 Å². The first-order chi connectivity index (χ1) is 9.10. The van der Waals surface area contributed by atoms with Crippen LogP contribution in [-0.4, -0.2) is 6.10 Å². The minimum Gasteiger partial charge on any atom is -0.491 e. The largest absolute Gasteiger partial charge is 0.491 e. The number of nitrogens with one attached hydrogen (secondary N) is 1. The fraction of sp³-hybridized carbons (Fsp3) is 0.286. The first-order valence-electron chi connectivity index (χ1n) is 6.07. The van der Waals surface area contributed by atoms with Crippen molar-refractivity contribution >= 4 is 27.3 Å².